The van der Waals surface area contributed by atoms with Gasteiger partial charge >= 0.3 is 0 Å². The maximum atomic E-state index is 5.86. The first-order chi connectivity index (χ1) is 7.19. The molecule has 0 heterocycles. The molecule has 0 aliphatic heterocycles. The van der Waals surface area contributed by atoms with Crippen LogP contribution in [-0.4, -0.2) is 42.6 Å². The van der Waals surface area contributed by atoms with Crippen LogP contribution in [-0.2, 0) is 0 Å². The summed E-state index contributed by atoms with van der Waals surface area (Å²) in [5.74, 6) is 2.01. The minimum Gasteiger partial charge on any atom is -0.329 e. The number of nitrogens with zero attached hydrogens (tertiary/aromatic N) is 1. The van der Waals surface area contributed by atoms with Crippen molar-refractivity contribution in [3.63, 3.8) is 0 Å². The molecular formula is C12H28N2S. The van der Waals surface area contributed by atoms with Crippen molar-refractivity contribution < 1.29 is 0 Å². The van der Waals surface area contributed by atoms with Crippen LogP contribution in [0.5, 0.6) is 0 Å². The summed E-state index contributed by atoms with van der Waals surface area (Å²) in [6.45, 7) is 9.95. The summed E-state index contributed by atoms with van der Waals surface area (Å²) >= 11 is 1.92. The van der Waals surface area contributed by atoms with E-state index in [2.05, 4.69) is 31.9 Å². The molecule has 0 aromatic rings. The summed E-state index contributed by atoms with van der Waals surface area (Å²) in [5, 5.41) is 0. The van der Waals surface area contributed by atoms with Crippen molar-refractivity contribution in [2.75, 3.05) is 31.6 Å². The van der Waals surface area contributed by atoms with E-state index in [0.29, 0.717) is 6.04 Å². The van der Waals surface area contributed by atoms with Gasteiger partial charge < -0.3 is 5.73 Å². The van der Waals surface area contributed by atoms with E-state index in [4.69, 9.17) is 5.73 Å². The minimum atomic E-state index is 0.580. The second kappa shape index (κ2) is 9.49. The van der Waals surface area contributed by atoms with Crippen LogP contribution in [0.3, 0.4) is 0 Å². The Hall–Kier alpha value is 0.270. The van der Waals surface area contributed by atoms with Gasteiger partial charge in [0, 0.05) is 19.1 Å². The fourth-order valence-electron chi connectivity index (χ4n) is 1.77. The molecule has 15 heavy (non-hydrogen) atoms. The van der Waals surface area contributed by atoms with Crippen molar-refractivity contribution in [1.82, 2.24) is 4.90 Å². The SMILES string of the molecule is CCC(C)CN(CC)C(CN)CCSC. The maximum Gasteiger partial charge on any atom is 0.0226 e. The standard InChI is InChI=1S/C12H28N2S/c1-5-11(3)10-14(6-2)12(9-13)7-8-15-4/h11-12H,5-10,13H2,1-4H3. The lowest BCUT2D eigenvalue weighted by Crippen LogP contribution is -2.43. The van der Waals surface area contributed by atoms with Crippen LogP contribution in [0.15, 0.2) is 0 Å². The van der Waals surface area contributed by atoms with Crippen molar-refractivity contribution >= 4 is 11.8 Å². The third-order valence-corrected chi connectivity index (χ3v) is 3.74. The van der Waals surface area contributed by atoms with Crippen molar-refractivity contribution in [3.8, 4) is 0 Å². The van der Waals surface area contributed by atoms with Gasteiger partial charge in [0.2, 0.25) is 0 Å². The number of rotatable bonds is 9. The molecular weight excluding hydrogens is 204 g/mol. The highest BCUT2D eigenvalue weighted by Crippen LogP contribution is 2.11. The quantitative estimate of drug-likeness (QED) is 0.662. The molecule has 0 amide bonds. The van der Waals surface area contributed by atoms with E-state index < -0.39 is 0 Å². The van der Waals surface area contributed by atoms with Crippen LogP contribution in [0.4, 0.5) is 0 Å². The summed E-state index contributed by atoms with van der Waals surface area (Å²) in [5.41, 5.74) is 5.86. The molecule has 0 saturated heterocycles. The molecule has 3 heteroatoms. The lowest BCUT2D eigenvalue weighted by Gasteiger charge is -2.31. The van der Waals surface area contributed by atoms with Crippen LogP contribution in [0.25, 0.3) is 0 Å². The fourth-order valence-corrected chi connectivity index (χ4v) is 2.28. The minimum absolute atomic E-state index is 0.580. The van der Waals surface area contributed by atoms with Gasteiger partial charge in [-0.3, -0.25) is 4.90 Å². The first-order valence-electron chi connectivity index (χ1n) is 6.12. The number of likely N-dealkylation sites (N-methyl/N-ethyl adjacent to an activating group) is 1. The molecule has 0 rings (SSSR count). The van der Waals surface area contributed by atoms with Gasteiger partial charge in [0.05, 0.1) is 0 Å². The Kier molecular flexibility index (Phi) is 9.66. The van der Waals surface area contributed by atoms with Crippen molar-refractivity contribution in [3.05, 3.63) is 0 Å². The normalized spacial score (nSPS) is 15.6. The Morgan fingerprint density at radius 3 is 2.40 bits per heavy atom. The molecule has 2 atom stereocenters. The molecule has 0 aromatic carbocycles. The Morgan fingerprint density at radius 2 is 2.00 bits per heavy atom. The van der Waals surface area contributed by atoms with E-state index in [0.717, 1.165) is 19.0 Å². The predicted molar refractivity (Wildman–Crippen MR) is 72.5 cm³/mol. The molecule has 0 bridgehead atoms. The lowest BCUT2D eigenvalue weighted by atomic mass is 10.1. The molecule has 2 unspecified atom stereocenters. The van der Waals surface area contributed by atoms with Crippen LogP contribution in [0, 0.1) is 5.92 Å². The van der Waals surface area contributed by atoms with Gasteiger partial charge in [0.15, 0.2) is 0 Å². The summed E-state index contributed by atoms with van der Waals surface area (Å²) < 4.78 is 0. The first-order valence-corrected chi connectivity index (χ1v) is 7.51. The van der Waals surface area contributed by atoms with E-state index in [1.807, 2.05) is 11.8 Å². The van der Waals surface area contributed by atoms with Crippen molar-refractivity contribution in [1.29, 1.82) is 0 Å². The molecule has 0 aliphatic carbocycles. The molecule has 0 saturated carbocycles. The molecule has 0 fully saturated rings. The molecule has 0 aliphatic rings. The number of thioether (sulfide) groups is 1. The topological polar surface area (TPSA) is 29.3 Å². The van der Waals surface area contributed by atoms with Gasteiger partial charge in [-0.15, -0.1) is 0 Å². The first kappa shape index (κ1) is 15.3. The monoisotopic (exact) mass is 232 g/mol. The maximum absolute atomic E-state index is 5.86. The Bertz CT molecular complexity index is 142. The zero-order chi connectivity index (χ0) is 11.7. The van der Waals surface area contributed by atoms with E-state index in [1.54, 1.807) is 0 Å². The number of nitrogens with two attached hydrogens (primary N) is 1. The molecule has 0 aromatic heterocycles. The summed E-state index contributed by atoms with van der Waals surface area (Å²) in [4.78, 5) is 2.55. The van der Waals surface area contributed by atoms with Crippen LogP contribution in [0.1, 0.15) is 33.6 Å². The van der Waals surface area contributed by atoms with Gasteiger partial charge in [0.25, 0.3) is 0 Å². The third kappa shape index (κ3) is 6.44. The van der Waals surface area contributed by atoms with E-state index >= 15 is 0 Å². The van der Waals surface area contributed by atoms with Gasteiger partial charge in [-0.05, 0) is 30.9 Å². The number of hydrogen-bond acceptors (Lipinski definition) is 3. The van der Waals surface area contributed by atoms with Crippen LogP contribution in [0.2, 0.25) is 0 Å². The van der Waals surface area contributed by atoms with E-state index in [1.165, 1.54) is 25.1 Å². The number of hydrogen-bond donors (Lipinski definition) is 1. The van der Waals surface area contributed by atoms with Crippen molar-refractivity contribution in [2.45, 2.75) is 39.7 Å². The second-order valence-electron chi connectivity index (χ2n) is 4.27. The summed E-state index contributed by atoms with van der Waals surface area (Å²) in [6.07, 6.45) is 4.65. The highest BCUT2D eigenvalue weighted by molar-refractivity contribution is 7.98. The van der Waals surface area contributed by atoms with Gasteiger partial charge in [-0.25, -0.2) is 0 Å². The average Bonchev–Trinajstić information content (AvgIpc) is 2.27. The second-order valence-corrected chi connectivity index (χ2v) is 5.26. The van der Waals surface area contributed by atoms with Crippen LogP contribution < -0.4 is 5.73 Å². The molecule has 92 valence electrons. The Morgan fingerprint density at radius 1 is 1.33 bits per heavy atom. The summed E-state index contributed by atoms with van der Waals surface area (Å²) in [6, 6.07) is 0.580. The average molecular weight is 232 g/mol. The third-order valence-electron chi connectivity index (χ3n) is 3.09. The zero-order valence-electron chi connectivity index (χ0n) is 10.8. The smallest absolute Gasteiger partial charge is 0.0226 e. The highest BCUT2D eigenvalue weighted by Gasteiger charge is 2.16. The summed E-state index contributed by atoms with van der Waals surface area (Å²) in [7, 11) is 0. The molecule has 0 spiro atoms. The molecule has 2 nitrogen and oxygen atoms in total. The largest absolute Gasteiger partial charge is 0.329 e. The Labute approximate surface area is 100.0 Å². The predicted octanol–water partition coefficient (Wildman–Crippen LogP) is 2.43. The van der Waals surface area contributed by atoms with Crippen LogP contribution >= 0.6 is 11.8 Å². The van der Waals surface area contributed by atoms with E-state index in [-0.39, 0.29) is 0 Å². The lowest BCUT2D eigenvalue weighted by molar-refractivity contribution is 0.178. The van der Waals surface area contributed by atoms with Gasteiger partial charge in [-0.1, -0.05) is 27.2 Å². The Balaban J connectivity index is 4.07. The zero-order valence-corrected chi connectivity index (χ0v) is 11.6. The van der Waals surface area contributed by atoms with Gasteiger partial charge in [-0.2, -0.15) is 11.8 Å². The molecule has 2 N–H and O–H groups in total. The fraction of sp³-hybridized carbons (Fsp3) is 1.00. The van der Waals surface area contributed by atoms with Crippen molar-refractivity contribution in [2.24, 2.45) is 11.7 Å². The van der Waals surface area contributed by atoms with Gasteiger partial charge in [0.1, 0.15) is 0 Å². The highest BCUT2D eigenvalue weighted by atomic mass is 32.2. The molecule has 0 radical (unpaired) electrons. The van der Waals surface area contributed by atoms with E-state index in [9.17, 15) is 0 Å².